The van der Waals surface area contributed by atoms with E-state index in [1.54, 1.807) is 11.9 Å². The second-order valence-electron chi connectivity index (χ2n) is 4.01. The number of nitrogens with zero attached hydrogens (tertiary/aromatic N) is 3. The van der Waals surface area contributed by atoms with E-state index in [9.17, 15) is 4.79 Å². The maximum Gasteiger partial charge on any atom is 0.318 e. The van der Waals surface area contributed by atoms with Gasteiger partial charge < -0.3 is 20.0 Å². The molecule has 0 aliphatic heterocycles. The highest BCUT2D eigenvalue weighted by Crippen LogP contribution is 2.15. The maximum absolute atomic E-state index is 11.4. The van der Waals surface area contributed by atoms with Gasteiger partial charge in [-0.3, -0.25) is 4.79 Å². The van der Waals surface area contributed by atoms with Crippen molar-refractivity contribution in [3.63, 3.8) is 0 Å². The Morgan fingerprint density at radius 2 is 2.11 bits per heavy atom. The second-order valence-corrected chi connectivity index (χ2v) is 4.01. The van der Waals surface area contributed by atoms with Gasteiger partial charge in [-0.1, -0.05) is 12.0 Å². The number of likely N-dealkylation sites (N-methyl/N-ethyl adjacent to an activating group) is 2. The lowest BCUT2D eigenvalue weighted by molar-refractivity contribution is -0.119. The molecule has 2 N–H and O–H groups in total. The van der Waals surface area contributed by atoms with E-state index in [1.165, 1.54) is 0 Å². The Kier molecular flexibility index (Phi) is 5.57. The predicted octanol–water partition coefficient (Wildman–Crippen LogP) is 0.312. The molecular weight excluding hydrogens is 234 g/mol. The van der Waals surface area contributed by atoms with Crippen LogP contribution in [-0.4, -0.2) is 42.8 Å². The third-order valence-electron chi connectivity index (χ3n) is 2.39. The van der Waals surface area contributed by atoms with Crippen molar-refractivity contribution < 1.29 is 9.21 Å². The van der Waals surface area contributed by atoms with Crippen molar-refractivity contribution in [2.24, 2.45) is 0 Å². The molecule has 1 amide bonds. The molecule has 0 spiro atoms. The van der Waals surface area contributed by atoms with E-state index in [0.29, 0.717) is 18.5 Å². The van der Waals surface area contributed by atoms with Crippen LogP contribution in [0.25, 0.3) is 0 Å². The Labute approximate surface area is 107 Å². The minimum Gasteiger partial charge on any atom is -0.406 e. The summed E-state index contributed by atoms with van der Waals surface area (Å²) in [5, 5.41) is 13.8. The fraction of sp³-hybridized carbons (Fsp3) is 0.727. The van der Waals surface area contributed by atoms with Crippen molar-refractivity contribution in [1.29, 1.82) is 0 Å². The third-order valence-corrected chi connectivity index (χ3v) is 2.39. The molecule has 0 saturated heterocycles. The Morgan fingerprint density at radius 3 is 2.72 bits per heavy atom. The van der Waals surface area contributed by atoms with E-state index in [0.717, 1.165) is 6.54 Å². The van der Waals surface area contributed by atoms with Crippen LogP contribution < -0.4 is 15.5 Å². The second kappa shape index (κ2) is 6.95. The summed E-state index contributed by atoms with van der Waals surface area (Å²) in [6.45, 7) is 7.47. The lowest BCUT2D eigenvalue weighted by atomic mass is 10.3. The van der Waals surface area contributed by atoms with E-state index in [2.05, 4.69) is 20.8 Å². The van der Waals surface area contributed by atoms with Gasteiger partial charge in [-0.25, -0.2) is 0 Å². The highest BCUT2D eigenvalue weighted by molar-refractivity contribution is 5.80. The van der Waals surface area contributed by atoms with Crippen molar-refractivity contribution >= 4 is 11.9 Å². The fourth-order valence-electron chi connectivity index (χ4n) is 1.49. The zero-order chi connectivity index (χ0) is 13.5. The molecule has 0 aromatic carbocycles. The smallest absolute Gasteiger partial charge is 0.318 e. The number of carbonyl (C=O) groups is 1. The molecule has 1 aromatic rings. The van der Waals surface area contributed by atoms with Gasteiger partial charge in [-0.15, -0.1) is 5.10 Å². The number of hydrogen-bond acceptors (Lipinski definition) is 6. The summed E-state index contributed by atoms with van der Waals surface area (Å²) in [5.74, 6) is 0.453. The van der Waals surface area contributed by atoms with E-state index in [-0.39, 0.29) is 18.5 Å². The molecule has 7 nitrogen and oxygen atoms in total. The molecule has 1 heterocycles. The lowest BCUT2D eigenvalue weighted by Gasteiger charge is -2.13. The lowest BCUT2D eigenvalue weighted by Crippen LogP contribution is -2.35. The first kappa shape index (κ1) is 14.4. The minimum atomic E-state index is -0.0699. The first-order valence-electron chi connectivity index (χ1n) is 6.13. The molecule has 18 heavy (non-hydrogen) atoms. The molecule has 1 atom stereocenters. The summed E-state index contributed by atoms with van der Waals surface area (Å²) in [5.41, 5.74) is 0. The highest BCUT2D eigenvalue weighted by atomic mass is 16.4. The number of anilines is 1. The Balaban J connectivity index is 2.59. The number of aromatic nitrogens is 2. The van der Waals surface area contributed by atoms with Gasteiger partial charge in [0.2, 0.25) is 11.8 Å². The summed E-state index contributed by atoms with van der Waals surface area (Å²) in [7, 11) is 1.74. The minimum absolute atomic E-state index is 0.00844. The first-order valence-corrected chi connectivity index (χ1v) is 6.13. The zero-order valence-electron chi connectivity index (χ0n) is 11.4. The van der Waals surface area contributed by atoms with Crippen molar-refractivity contribution in [3.8, 4) is 0 Å². The van der Waals surface area contributed by atoms with Gasteiger partial charge in [-0.05, 0) is 20.4 Å². The topological polar surface area (TPSA) is 83.3 Å². The summed E-state index contributed by atoms with van der Waals surface area (Å²) >= 11 is 0. The Hall–Kier alpha value is -1.63. The normalized spacial score (nSPS) is 12.2. The molecule has 1 unspecified atom stereocenters. The van der Waals surface area contributed by atoms with Crippen LogP contribution in [0, 0.1) is 0 Å². The standard InChI is InChI=1S/C11H21N5O2/c1-5-12-8(3)10-14-15-11(18-10)16(4)7-9(17)13-6-2/h8,12H,5-7H2,1-4H3,(H,13,17). The van der Waals surface area contributed by atoms with Crippen LogP contribution in [0.5, 0.6) is 0 Å². The molecule has 0 aliphatic carbocycles. The van der Waals surface area contributed by atoms with E-state index in [1.807, 2.05) is 20.8 Å². The Bertz CT molecular complexity index is 379. The van der Waals surface area contributed by atoms with Gasteiger partial charge in [0, 0.05) is 13.6 Å². The maximum atomic E-state index is 11.4. The monoisotopic (exact) mass is 255 g/mol. The van der Waals surface area contributed by atoms with Gasteiger partial charge in [-0.2, -0.15) is 0 Å². The molecule has 0 aliphatic rings. The van der Waals surface area contributed by atoms with Crippen molar-refractivity contribution in [3.05, 3.63) is 5.89 Å². The van der Waals surface area contributed by atoms with Crippen LogP contribution in [0.4, 0.5) is 6.01 Å². The Morgan fingerprint density at radius 1 is 1.39 bits per heavy atom. The molecular formula is C11H21N5O2. The number of amides is 1. The van der Waals surface area contributed by atoms with E-state index in [4.69, 9.17) is 4.42 Å². The van der Waals surface area contributed by atoms with Gasteiger partial charge in [0.15, 0.2) is 0 Å². The average Bonchev–Trinajstić information content (AvgIpc) is 2.78. The summed E-state index contributed by atoms with van der Waals surface area (Å²) in [6, 6.07) is 0.357. The van der Waals surface area contributed by atoms with Crippen molar-refractivity contribution in [2.75, 3.05) is 31.6 Å². The number of nitrogens with one attached hydrogen (secondary N) is 2. The highest BCUT2D eigenvalue weighted by Gasteiger charge is 2.16. The van der Waals surface area contributed by atoms with E-state index < -0.39 is 0 Å². The number of hydrogen-bond donors (Lipinski definition) is 2. The quantitative estimate of drug-likeness (QED) is 0.729. The largest absolute Gasteiger partial charge is 0.406 e. The number of rotatable bonds is 7. The molecule has 0 fully saturated rings. The van der Waals surface area contributed by atoms with Crippen molar-refractivity contribution in [2.45, 2.75) is 26.8 Å². The third kappa shape index (κ3) is 3.99. The van der Waals surface area contributed by atoms with Crippen LogP contribution >= 0.6 is 0 Å². The zero-order valence-corrected chi connectivity index (χ0v) is 11.4. The van der Waals surface area contributed by atoms with Crippen LogP contribution in [-0.2, 0) is 4.79 Å². The fourth-order valence-corrected chi connectivity index (χ4v) is 1.49. The molecule has 102 valence electrons. The summed E-state index contributed by atoms with van der Waals surface area (Å²) in [6.07, 6.45) is 0. The molecule has 0 saturated carbocycles. The average molecular weight is 255 g/mol. The number of carbonyl (C=O) groups excluding carboxylic acids is 1. The molecule has 0 radical (unpaired) electrons. The predicted molar refractivity (Wildman–Crippen MR) is 68.3 cm³/mol. The van der Waals surface area contributed by atoms with Crippen LogP contribution in [0.1, 0.15) is 32.7 Å². The SMILES string of the molecule is CCNC(=O)CN(C)c1nnc(C(C)NCC)o1. The van der Waals surface area contributed by atoms with Crippen LogP contribution in [0.3, 0.4) is 0 Å². The molecule has 1 aromatic heterocycles. The van der Waals surface area contributed by atoms with Gasteiger partial charge in [0.1, 0.15) is 6.54 Å². The van der Waals surface area contributed by atoms with Gasteiger partial charge in [0.05, 0.1) is 6.04 Å². The van der Waals surface area contributed by atoms with Gasteiger partial charge >= 0.3 is 6.01 Å². The van der Waals surface area contributed by atoms with Crippen LogP contribution in [0.2, 0.25) is 0 Å². The molecule has 0 bridgehead atoms. The summed E-state index contributed by atoms with van der Waals surface area (Å²) in [4.78, 5) is 13.0. The molecule has 1 rings (SSSR count). The van der Waals surface area contributed by atoms with Crippen molar-refractivity contribution in [1.82, 2.24) is 20.8 Å². The summed E-state index contributed by atoms with van der Waals surface area (Å²) < 4.78 is 5.50. The first-order chi connectivity index (χ1) is 8.58. The van der Waals surface area contributed by atoms with Gasteiger partial charge in [0.25, 0.3) is 0 Å². The molecule has 7 heteroatoms. The van der Waals surface area contributed by atoms with E-state index >= 15 is 0 Å². The van der Waals surface area contributed by atoms with Crippen LogP contribution in [0.15, 0.2) is 4.42 Å².